The van der Waals surface area contributed by atoms with Gasteiger partial charge in [-0.2, -0.15) is 0 Å². The number of benzene rings is 1. The van der Waals surface area contributed by atoms with Gasteiger partial charge in [0.15, 0.2) is 0 Å². The fourth-order valence-corrected chi connectivity index (χ4v) is 2.11. The predicted molar refractivity (Wildman–Crippen MR) is 82.0 cm³/mol. The number of carboxylic acid groups (broad SMARTS) is 1. The van der Waals surface area contributed by atoms with Crippen molar-refractivity contribution in [1.29, 1.82) is 0 Å². The summed E-state index contributed by atoms with van der Waals surface area (Å²) in [5.41, 5.74) is 0.796. The van der Waals surface area contributed by atoms with Gasteiger partial charge in [-0.25, -0.2) is 4.79 Å². The second-order valence-electron chi connectivity index (χ2n) is 5.50. The highest BCUT2D eigenvalue weighted by atomic mass is 16.4. The Kier molecular flexibility index (Phi) is 6.56. The number of aliphatic carboxylic acids is 1. The van der Waals surface area contributed by atoms with Gasteiger partial charge in [0, 0.05) is 6.92 Å². The van der Waals surface area contributed by atoms with E-state index in [4.69, 9.17) is 5.11 Å². The van der Waals surface area contributed by atoms with Crippen LogP contribution in [0.3, 0.4) is 0 Å². The van der Waals surface area contributed by atoms with E-state index in [2.05, 4.69) is 10.6 Å². The molecule has 2 amide bonds. The molecule has 0 fully saturated rings. The molecule has 0 saturated heterocycles. The van der Waals surface area contributed by atoms with Crippen molar-refractivity contribution < 1.29 is 19.5 Å². The number of amides is 2. The third-order valence-corrected chi connectivity index (χ3v) is 3.22. The molecule has 3 N–H and O–H groups in total. The van der Waals surface area contributed by atoms with E-state index in [9.17, 15) is 14.4 Å². The van der Waals surface area contributed by atoms with E-state index in [1.54, 1.807) is 13.8 Å². The van der Waals surface area contributed by atoms with Crippen molar-refractivity contribution in [3.8, 4) is 0 Å². The summed E-state index contributed by atoms with van der Waals surface area (Å²) in [7, 11) is 0. The highest BCUT2D eigenvalue weighted by Crippen LogP contribution is 2.17. The van der Waals surface area contributed by atoms with Gasteiger partial charge < -0.3 is 15.7 Å². The van der Waals surface area contributed by atoms with Crippen LogP contribution in [-0.4, -0.2) is 28.9 Å². The molecular weight excluding hydrogens is 284 g/mol. The summed E-state index contributed by atoms with van der Waals surface area (Å²) in [5.74, 6) is -1.96. The Hall–Kier alpha value is -2.37. The Morgan fingerprint density at radius 2 is 1.68 bits per heavy atom. The van der Waals surface area contributed by atoms with Crippen LogP contribution in [0.1, 0.15) is 38.8 Å². The molecule has 0 aliphatic rings. The van der Waals surface area contributed by atoms with Gasteiger partial charge in [-0.05, 0) is 11.5 Å². The van der Waals surface area contributed by atoms with Gasteiger partial charge in [-0.15, -0.1) is 0 Å². The van der Waals surface area contributed by atoms with Crippen molar-refractivity contribution in [3.05, 3.63) is 35.9 Å². The first-order chi connectivity index (χ1) is 10.3. The van der Waals surface area contributed by atoms with Gasteiger partial charge in [-0.3, -0.25) is 9.59 Å². The van der Waals surface area contributed by atoms with Crippen molar-refractivity contribution >= 4 is 17.8 Å². The molecule has 2 atom stereocenters. The molecule has 0 spiro atoms. The normalized spacial score (nSPS) is 13.3. The molecule has 1 unspecified atom stereocenters. The maximum Gasteiger partial charge on any atom is 0.326 e. The molecule has 6 nitrogen and oxygen atoms in total. The zero-order valence-electron chi connectivity index (χ0n) is 13.0. The maximum atomic E-state index is 12.1. The Morgan fingerprint density at radius 1 is 1.09 bits per heavy atom. The predicted octanol–water partition coefficient (Wildman–Crippen LogP) is 1.48. The number of hydrogen-bond acceptors (Lipinski definition) is 3. The van der Waals surface area contributed by atoms with Crippen LogP contribution in [-0.2, 0) is 14.4 Å². The molecule has 0 saturated carbocycles. The largest absolute Gasteiger partial charge is 0.480 e. The minimum atomic E-state index is -1.07. The summed E-state index contributed by atoms with van der Waals surface area (Å²) in [6, 6.07) is 7.66. The van der Waals surface area contributed by atoms with Crippen molar-refractivity contribution in [1.82, 2.24) is 10.6 Å². The molecule has 0 heterocycles. The summed E-state index contributed by atoms with van der Waals surface area (Å²) in [4.78, 5) is 34.5. The highest BCUT2D eigenvalue weighted by Gasteiger charge is 2.25. The van der Waals surface area contributed by atoms with Gasteiger partial charge in [0.1, 0.15) is 6.04 Å². The average Bonchev–Trinajstić information content (AvgIpc) is 2.44. The Labute approximate surface area is 129 Å². The maximum absolute atomic E-state index is 12.1. The third-order valence-electron chi connectivity index (χ3n) is 3.22. The van der Waals surface area contributed by atoms with Crippen LogP contribution in [0.15, 0.2) is 30.3 Å². The number of carbonyl (C=O) groups excluding carboxylic acids is 2. The van der Waals surface area contributed by atoms with Gasteiger partial charge in [0.05, 0.1) is 12.5 Å². The Balaban J connectivity index is 2.79. The summed E-state index contributed by atoms with van der Waals surface area (Å²) < 4.78 is 0. The van der Waals surface area contributed by atoms with Crippen molar-refractivity contribution in [2.45, 2.75) is 39.3 Å². The summed E-state index contributed by atoms with van der Waals surface area (Å²) in [6.07, 6.45) is -0.0138. The first-order valence-electron chi connectivity index (χ1n) is 7.15. The molecule has 1 aromatic carbocycles. The number of nitrogens with one attached hydrogen (secondary N) is 2. The highest BCUT2D eigenvalue weighted by molar-refractivity contribution is 5.84. The average molecular weight is 306 g/mol. The van der Waals surface area contributed by atoms with Crippen molar-refractivity contribution in [3.63, 3.8) is 0 Å². The van der Waals surface area contributed by atoms with Crippen LogP contribution >= 0.6 is 0 Å². The summed E-state index contributed by atoms with van der Waals surface area (Å²) in [5, 5.41) is 14.3. The molecule has 22 heavy (non-hydrogen) atoms. The molecule has 0 aliphatic heterocycles. The Morgan fingerprint density at radius 3 is 2.14 bits per heavy atom. The molecular formula is C16H22N2O4. The van der Waals surface area contributed by atoms with Crippen LogP contribution in [0.5, 0.6) is 0 Å². The smallest absolute Gasteiger partial charge is 0.326 e. The lowest BCUT2D eigenvalue weighted by atomic mass is 10.0. The number of rotatable bonds is 7. The molecule has 1 aromatic rings. The molecule has 120 valence electrons. The first-order valence-corrected chi connectivity index (χ1v) is 7.15. The second-order valence-corrected chi connectivity index (χ2v) is 5.50. The van der Waals surface area contributed by atoms with Crippen LogP contribution in [0, 0.1) is 5.92 Å². The lowest BCUT2D eigenvalue weighted by Crippen LogP contribution is -2.45. The van der Waals surface area contributed by atoms with E-state index in [1.807, 2.05) is 30.3 Å². The molecule has 0 aromatic heterocycles. The Bertz CT molecular complexity index is 528. The van der Waals surface area contributed by atoms with Gasteiger partial charge in [0.2, 0.25) is 11.8 Å². The van der Waals surface area contributed by atoms with Crippen molar-refractivity contribution in [2.75, 3.05) is 0 Å². The van der Waals surface area contributed by atoms with E-state index >= 15 is 0 Å². The van der Waals surface area contributed by atoms with E-state index < -0.39 is 24.0 Å². The van der Waals surface area contributed by atoms with Crippen LogP contribution in [0.4, 0.5) is 0 Å². The van der Waals surface area contributed by atoms with Crippen LogP contribution < -0.4 is 10.6 Å². The monoisotopic (exact) mass is 306 g/mol. The molecule has 0 aliphatic carbocycles. The van der Waals surface area contributed by atoms with Crippen LogP contribution in [0.2, 0.25) is 0 Å². The SMILES string of the molecule is CC(=O)NC(CC(=O)N[C@@H](C(=O)O)C(C)C)c1ccccc1. The van der Waals surface area contributed by atoms with Gasteiger partial charge in [-0.1, -0.05) is 44.2 Å². The zero-order chi connectivity index (χ0) is 16.7. The fraction of sp³-hybridized carbons (Fsp3) is 0.438. The number of carbonyl (C=O) groups is 3. The van der Waals surface area contributed by atoms with Crippen LogP contribution in [0.25, 0.3) is 0 Å². The third kappa shape index (κ3) is 5.55. The summed E-state index contributed by atoms with van der Waals surface area (Å²) in [6.45, 7) is 4.82. The fourth-order valence-electron chi connectivity index (χ4n) is 2.11. The molecule has 1 rings (SSSR count). The molecule has 0 bridgehead atoms. The topological polar surface area (TPSA) is 95.5 Å². The number of carboxylic acids is 1. The van der Waals surface area contributed by atoms with E-state index in [-0.39, 0.29) is 18.2 Å². The van der Waals surface area contributed by atoms with E-state index in [0.29, 0.717) is 0 Å². The minimum absolute atomic E-state index is 0.0138. The number of hydrogen-bond donors (Lipinski definition) is 3. The van der Waals surface area contributed by atoms with Gasteiger partial charge in [0.25, 0.3) is 0 Å². The van der Waals surface area contributed by atoms with E-state index in [1.165, 1.54) is 6.92 Å². The zero-order valence-corrected chi connectivity index (χ0v) is 13.0. The summed E-state index contributed by atoms with van der Waals surface area (Å²) >= 11 is 0. The lowest BCUT2D eigenvalue weighted by molar-refractivity contribution is -0.143. The standard InChI is InChI=1S/C16H22N2O4/c1-10(2)15(16(21)22)18-14(20)9-13(17-11(3)19)12-7-5-4-6-8-12/h4-8,10,13,15H,9H2,1-3H3,(H,17,19)(H,18,20)(H,21,22)/t13?,15-/m1/s1. The molecule has 6 heteroatoms. The van der Waals surface area contributed by atoms with Gasteiger partial charge >= 0.3 is 5.97 Å². The lowest BCUT2D eigenvalue weighted by Gasteiger charge is -2.21. The minimum Gasteiger partial charge on any atom is -0.480 e. The molecule has 0 radical (unpaired) electrons. The second kappa shape index (κ2) is 8.17. The van der Waals surface area contributed by atoms with E-state index in [0.717, 1.165) is 5.56 Å². The quantitative estimate of drug-likeness (QED) is 0.711. The van der Waals surface area contributed by atoms with Crippen molar-refractivity contribution in [2.24, 2.45) is 5.92 Å². The first kappa shape index (κ1) is 17.7.